The minimum atomic E-state index is -0.492. The molecule has 1 saturated carbocycles. The maximum Gasteiger partial charge on any atom is 0.258 e. The highest BCUT2D eigenvalue weighted by Gasteiger charge is 2.39. The lowest BCUT2D eigenvalue weighted by atomic mass is 9.77. The van der Waals surface area contributed by atoms with Gasteiger partial charge in [0, 0.05) is 11.1 Å². The van der Waals surface area contributed by atoms with Crippen LogP contribution in [-0.2, 0) is 5.54 Å². The van der Waals surface area contributed by atoms with Crippen LogP contribution in [0.25, 0.3) is 11.5 Å². The summed E-state index contributed by atoms with van der Waals surface area (Å²) in [4.78, 5) is 17.7. The second-order valence-corrected chi connectivity index (χ2v) is 7.13. The first-order valence-electron chi connectivity index (χ1n) is 8.82. The molecule has 0 bridgehead atoms. The second-order valence-electron chi connectivity index (χ2n) is 7.13. The Hall–Kier alpha value is -2.50. The van der Waals surface area contributed by atoms with Gasteiger partial charge in [-0.3, -0.25) is 4.79 Å². The number of carbonyl (C=O) groups is 1. The highest BCUT2D eigenvalue weighted by atomic mass is 35.5. The molecule has 1 aliphatic rings. The zero-order valence-electron chi connectivity index (χ0n) is 15.4. The number of benzene rings is 2. The summed E-state index contributed by atoms with van der Waals surface area (Å²) >= 11 is 0. The van der Waals surface area contributed by atoms with E-state index in [9.17, 15) is 4.79 Å². The molecule has 4 rings (SSSR count). The van der Waals surface area contributed by atoms with Gasteiger partial charge in [0.05, 0.1) is 11.1 Å². The Kier molecular flexibility index (Phi) is 5.18. The van der Waals surface area contributed by atoms with Crippen molar-refractivity contribution in [2.75, 3.05) is 0 Å². The van der Waals surface area contributed by atoms with Crippen molar-refractivity contribution in [2.45, 2.75) is 38.6 Å². The Morgan fingerprint density at radius 3 is 2.56 bits per heavy atom. The number of rotatable bonds is 4. The van der Waals surface area contributed by atoms with E-state index in [0.29, 0.717) is 28.4 Å². The van der Waals surface area contributed by atoms with Crippen molar-refractivity contribution < 1.29 is 9.32 Å². The van der Waals surface area contributed by atoms with E-state index in [1.54, 1.807) is 6.07 Å². The van der Waals surface area contributed by atoms with E-state index in [4.69, 9.17) is 10.3 Å². The lowest BCUT2D eigenvalue weighted by molar-refractivity contribution is 0.103. The number of aromatic nitrogens is 2. The van der Waals surface area contributed by atoms with Crippen molar-refractivity contribution in [1.29, 1.82) is 0 Å². The molecule has 1 fully saturated rings. The molecule has 1 aliphatic carbocycles. The Balaban J connectivity index is 0.00000210. The van der Waals surface area contributed by atoms with E-state index in [-0.39, 0.29) is 18.2 Å². The predicted octanol–water partition coefficient (Wildman–Crippen LogP) is 4.34. The molecule has 0 unspecified atom stereocenters. The molecule has 0 atom stereocenters. The smallest absolute Gasteiger partial charge is 0.258 e. The standard InChI is InChI=1S/C21H21N3O2.ClH/c1-13-8-9-14(2)17(12-13)18(25)15-6-3-4-7-16(15)19-23-20(24-26-19)21(22)10-5-11-21;/h3-4,6-9,12H,5,10-11,22H2,1-2H3;1H. The zero-order valence-corrected chi connectivity index (χ0v) is 16.2. The van der Waals surface area contributed by atoms with Gasteiger partial charge in [0.15, 0.2) is 11.6 Å². The van der Waals surface area contributed by atoms with E-state index in [1.165, 1.54) is 0 Å². The minimum absolute atomic E-state index is 0. The van der Waals surface area contributed by atoms with Gasteiger partial charge in [-0.15, -0.1) is 12.4 Å². The first-order valence-corrected chi connectivity index (χ1v) is 8.82. The molecule has 5 nitrogen and oxygen atoms in total. The van der Waals surface area contributed by atoms with Crippen molar-refractivity contribution in [1.82, 2.24) is 10.1 Å². The molecule has 0 aliphatic heterocycles. The van der Waals surface area contributed by atoms with Gasteiger partial charge in [-0.05, 0) is 50.8 Å². The van der Waals surface area contributed by atoms with Gasteiger partial charge < -0.3 is 10.3 Å². The summed E-state index contributed by atoms with van der Waals surface area (Å²) < 4.78 is 5.46. The fraction of sp³-hybridized carbons (Fsp3) is 0.286. The van der Waals surface area contributed by atoms with Gasteiger partial charge in [-0.1, -0.05) is 41.1 Å². The molecule has 0 spiro atoms. The maximum atomic E-state index is 13.2. The van der Waals surface area contributed by atoms with E-state index in [2.05, 4.69) is 10.1 Å². The van der Waals surface area contributed by atoms with Gasteiger partial charge >= 0.3 is 0 Å². The molecular formula is C21H22ClN3O2. The largest absolute Gasteiger partial charge is 0.334 e. The lowest BCUT2D eigenvalue weighted by Gasteiger charge is -2.34. The van der Waals surface area contributed by atoms with Crippen LogP contribution in [-0.4, -0.2) is 15.9 Å². The molecule has 1 heterocycles. The van der Waals surface area contributed by atoms with Crippen molar-refractivity contribution >= 4 is 18.2 Å². The van der Waals surface area contributed by atoms with Gasteiger partial charge in [-0.25, -0.2) is 0 Å². The predicted molar refractivity (Wildman–Crippen MR) is 106 cm³/mol. The Morgan fingerprint density at radius 1 is 1.11 bits per heavy atom. The Morgan fingerprint density at radius 2 is 1.85 bits per heavy atom. The third-order valence-corrected chi connectivity index (χ3v) is 5.16. The summed E-state index contributed by atoms with van der Waals surface area (Å²) in [7, 11) is 0. The molecule has 140 valence electrons. The highest BCUT2D eigenvalue weighted by molar-refractivity contribution is 6.13. The van der Waals surface area contributed by atoms with E-state index in [0.717, 1.165) is 30.4 Å². The van der Waals surface area contributed by atoms with E-state index >= 15 is 0 Å². The maximum absolute atomic E-state index is 13.2. The van der Waals surface area contributed by atoms with Gasteiger partial charge in [0.2, 0.25) is 0 Å². The van der Waals surface area contributed by atoms with Crippen LogP contribution in [0.3, 0.4) is 0 Å². The summed E-state index contributed by atoms with van der Waals surface area (Å²) in [5.74, 6) is 0.811. The number of nitrogens with zero attached hydrogens (tertiary/aromatic N) is 2. The summed E-state index contributed by atoms with van der Waals surface area (Å²) in [5, 5.41) is 4.07. The lowest BCUT2D eigenvalue weighted by Crippen LogP contribution is -2.44. The van der Waals surface area contributed by atoms with Crippen molar-refractivity contribution in [3.05, 3.63) is 70.5 Å². The molecule has 2 aromatic carbocycles. The van der Waals surface area contributed by atoms with Crippen LogP contribution < -0.4 is 5.73 Å². The molecule has 0 saturated heterocycles. The number of aryl methyl sites for hydroxylation is 2. The monoisotopic (exact) mass is 383 g/mol. The van der Waals surface area contributed by atoms with Crippen LogP contribution in [0.5, 0.6) is 0 Å². The Labute approximate surface area is 164 Å². The third kappa shape index (κ3) is 3.40. The van der Waals surface area contributed by atoms with Gasteiger partial charge in [-0.2, -0.15) is 4.98 Å². The normalized spacial score (nSPS) is 14.9. The van der Waals surface area contributed by atoms with E-state index < -0.39 is 5.54 Å². The summed E-state index contributed by atoms with van der Waals surface area (Å²) in [6.07, 6.45) is 2.78. The third-order valence-electron chi connectivity index (χ3n) is 5.16. The highest BCUT2D eigenvalue weighted by Crippen LogP contribution is 2.38. The number of halogens is 1. The average Bonchev–Trinajstić information content (AvgIpc) is 3.11. The fourth-order valence-electron chi connectivity index (χ4n) is 3.31. The second kappa shape index (κ2) is 7.25. The molecular weight excluding hydrogens is 362 g/mol. The number of ketones is 1. The van der Waals surface area contributed by atoms with Crippen molar-refractivity contribution in [3.8, 4) is 11.5 Å². The fourth-order valence-corrected chi connectivity index (χ4v) is 3.31. The molecule has 0 amide bonds. The van der Waals surface area contributed by atoms with Crippen molar-refractivity contribution in [2.24, 2.45) is 5.73 Å². The molecule has 27 heavy (non-hydrogen) atoms. The quantitative estimate of drug-likeness (QED) is 0.677. The van der Waals surface area contributed by atoms with Crippen LogP contribution in [0.2, 0.25) is 0 Å². The van der Waals surface area contributed by atoms with Crippen LogP contribution in [0.4, 0.5) is 0 Å². The summed E-state index contributed by atoms with van der Waals surface area (Å²) in [6, 6.07) is 13.2. The SMILES string of the molecule is Cc1ccc(C)c(C(=O)c2ccccc2-c2nc(C3(N)CCC3)no2)c1.Cl. The molecule has 1 aromatic heterocycles. The molecule has 3 aromatic rings. The van der Waals surface area contributed by atoms with Crippen LogP contribution >= 0.6 is 12.4 Å². The van der Waals surface area contributed by atoms with Crippen molar-refractivity contribution in [3.63, 3.8) is 0 Å². The van der Waals surface area contributed by atoms with E-state index in [1.807, 2.05) is 50.2 Å². The number of carbonyl (C=O) groups excluding carboxylic acids is 1. The first-order chi connectivity index (χ1) is 12.5. The number of nitrogens with two attached hydrogens (primary N) is 1. The number of hydrogen-bond acceptors (Lipinski definition) is 5. The average molecular weight is 384 g/mol. The molecule has 2 N–H and O–H groups in total. The van der Waals surface area contributed by atoms with Gasteiger partial charge in [0.1, 0.15) is 0 Å². The number of hydrogen-bond donors (Lipinski definition) is 1. The first kappa shape index (κ1) is 19.3. The van der Waals surface area contributed by atoms with Gasteiger partial charge in [0.25, 0.3) is 5.89 Å². The van der Waals surface area contributed by atoms with Crippen LogP contribution in [0, 0.1) is 13.8 Å². The Bertz CT molecular complexity index is 993. The van der Waals surface area contributed by atoms with Crippen LogP contribution in [0.15, 0.2) is 47.0 Å². The minimum Gasteiger partial charge on any atom is -0.334 e. The summed E-state index contributed by atoms with van der Waals surface area (Å²) in [5.41, 5.74) is 9.66. The topological polar surface area (TPSA) is 82.0 Å². The molecule has 6 heteroatoms. The zero-order chi connectivity index (χ0) is 18.3. The molecule has 0 radical (unpaired) electrons. The van der Waals surface area contributed by atoms with Crippen LogP contribution in [0.1, 0.15) is 52.1 Å². The summed E-state index contributed by atoms with van der Waals surface area (Å²) in [6.45, 7) is 3.92.